The summed E-state index contributed by atoms with van der Waals surface area (Å²) >= 11 is 0. The van der Waals surface area contributed by atoms with Crippen LogP contribution in [0.4, 0.5) is 4.39 Å². The van der Waals surface area contributed by atoms with E-state index in [-0.39, 0.29) is 42.9 Å². The Balaban J connectivity index is 1.72. The molecule has 2 N–H and O–H groups in total. The summed E-state index contributed by atoms with van der Waals surface area (Å²) in [4.78, 5) is 12.0. The molecule has 0 aromatic heterocycles. The van der Waals surface area contributed by atoms with Crippen molar-refractivity contribution < 1.29 is 17.6 Å². The van der Waals surface area contributed by atoms with Gasteiger partial charge in [-0.3, -0.25) is 4.79 Å². The fraction of sp³-hybridized carbons (Fsp3) is 0.316. The van der Waals surface area contributed by atoms with Crippen LogP contribution in [0.1, 0.15) is 30.4 Å². The van der Waals surface area contributed by atoms with Gasteiger partial charge in [0.15, 0.2) is 0 Å². The molecule has 0 aliphatic heterocycles. The number of hydrogen-bond donors (Lipinski definition) is 2. The molecule has 0 spiro atoms. The van der Waals surface area contributed by atoms with Crippen LogP contribution in [0.25, 0.3) is 0 Å². The highest BCUT2D eigenvalue weighted by atomic mass is 32.2. The van der Waals surface area contributed by atoms with Gasteiger partial charge in [0, 0.05) is 19.5 Å². The lowest BCUT2D eigenvalue weighted by Gasteiger charge is -2.12. The lowest BCUT2D eigenvalue weighted by molar-refractivity contribution is -0.121. The zero-order valence-corrected chi connectivity index (χ0v) is 15.4. The predicted molar refractivity (Wildman–Crippen MR) is 99.5 cm³/mol. The number of benzene rings is 2. The second-order valence-electron chi connectivity index (χ2n) is 6.13. The van der Waals surface area contributed by atoms with Crippen LogP contribution in [0, 0.1) is 5.82 Å². The lowest BCUT2D eigenvalue weighted by atomic mass is 9.97. The van der Waals surface area contributed by atoms with Crippen LogP contribution in [0.2, 0.25) is 0 Å². The molecule has 0 saturated carbocycles. The van der Waals surface area contributed by atoms with E-state index in [0.29, 0.717) is 0 Å². The fourth-order valence-electron chi connectivity index (χ4n) is 2.45. The minimum atomic E-state index is -3.47. The number of carbonyl (C=O) groups excluding carboxylic acids is 1. The Kier molecular flexibility index (Phi) is 7.29. The smallest absolute Gasteiger partial charge is 0.220 e. The molecular weight excluding hydrogens is 355 g/mol. The molecule has 26 heavy (non-hydrogen) atoms. The van der Waals surface area contributed by atoms with Gasteiger partial charge in [-0.15, -0.1) is 0 Å². The summed E-state index contributed by atoms with van der Waals surface area (Å²) in [6, 6.07) is 15.2. The van der Waals surface area contributed by atoms with Crippen molar-refractivity contribution in [2.24, 2.45) is 0 Å². The molecule has 1 amide bonds. The number of nitrogens with one attached hydrogen (secondary N) is 2. The summed E-state index contributed by atoms with van der Waals surface area (Å²) in [5, 5.41) is 2.62. The maximum atomic E-state index is 12.9. The summed E-state index contributed by atoms with van der Waals surface area (Å²) in [5.41, 5.74) is 1.73. The minimum Gasteiger partial charge on any atom is -0.355 e. The molecule has 0 aliphatic rings. The number of rotatable bonds is 9. The van der Waals surface area contributed by atoms with E-state index in [4.69, 9.17) is 0 Å². The monoisotopic (exact) mass is 378 g/mol. The maximum absolute atomic E-state index is 12.9. The summed E-state index contributed by atoms with van der Waals surface area (Å²) in [7, 11) is -3.47. The van der Waals surface area contributed by atoms with Crippen LogP contribution >= 0.6 is 0 Å². The van der Waals surface area contributed by atoms with E-state index in [0.717, 1.165) is 11.1 Å². The van der Waals surface area contributed by atoms with Crippen LogP contribution < -0.4 is 10.0 Å². The molecule has 2 aromatic carbocycles. The molecule has 2 rings (SSSR count). The van der Waals surface area contributed by atoms with Crippen molar-refractivity contribution in [3.05, 3.63) is 71.5 Å². The Hall–Kier alpha value is -2.25. The number of hydrogen-bond acceptors (Lipinski definition) is 3. The average Bonchev–Trinajstić information content (AvgIpc) is 2.61. The van der Waals surface area contributed by atoms with Gasteiger partial charge < -0.3 is 5.32 Å². The first-order valence-corrected chi connectivity index (χ1v) is 10.0. The molecule has 7 heteroatoms. The maximum Gasteiger partial charge on any atom is 0.220 e. The molecule has 0 bridgehead atoms. The van der Waals surface area contributed by atoms with Gasteiger partial charge in [-0.2, -0.15) is 0 Å². The van der Waals surface area contributed by atoms with Gasteiger partial charge in [0.1, 0.15) is 5.82 Å². The first-order chi connectivity index (χ1) is 12.4. The van der Waals surface area contributed by atoms with Gasteiger partial charge >= 0.3 is 0 Å². The van der Waals surface area contributed by atoms with E-state index in [9.17, 15) is 17.6 Å². The zero-order chi connectivity index (χ0) is 19.0. The minimum absolute atomic E-state index is 0.0408. The van der Waals surface area contributed by atoms with Crippen molar-refractivity contribution in [3.63, 3.8) is 0 Å². The van der Waals surface area contributed by atoms with Crippen LogP contribution in [0.3, 0.4) is 0 Å². The highest BCUT2D eigenvalue weighted by molar-refractivity contribution is 7.89. The molecule has 2 aromatic rings. The van der Waals surface area contributed by atoms with Crippen molar-refractivity contribution in [2.45, 2.75) is 25.8 Å². The van der Waals surface area contributed by atoms with E-state index in [1.165, 1.54) is 12.1 Å². The van der Waals surface area contributed by atoms with E-state index in [2.05, 4.69) is 10.0 Å². The van der Waals surface area contributed by atoms with Crippen LogP contribution in [-0.4, -0.2) is 26.6 Å². The summed E-state index contributed by atoms with van der Waals surface area (Å²) < 4.78 is 39.4. The number of amides is 1. The topological polar surface area (TPSA) is 75.3 Å². The quantitative estimate of drug-likeness (QED) is 0.704. The molecule has 5 nitrogen and oxygen atoms in total. The molecule has 1 atom stereocenters. The second-order valence-corrected chi connectivity index (χ2v) is 8.06. The SMILES string of the molecule is CC(CC(=O)NCCS(=O)(=O)NCc1ccccc1)c1ccc(F)cc1. The van der Waals surface area contributed by atoms with Crippen molar-refractivity contribution in [1.29, 1.82) is 0 Å². The molecule has 0 saturated heterocycles. The number of carbonyl (C=O) groups is 1. The van der Waals surface area contributed by atoms with Gasteiger partial charge in [-0.1, -0.05) is 49.4 Å². The molecule has 0 heterocycles. The Labute approximate surface area is 153 Å². The summed E-state index contributed by atoms with van der Waals surface area (Å²) in [5.74, 6) is -0.821. The Bertz CT molecular complexity index is 808. The van der Waals surface area contributed by atoms with Gasteiger partial charge in [0.2, 0.25) is 15.9 Å². The average molecular weight is 378 g/mol. The lowest BCUT2D eigenvalue weighted by Crippen LogP contribution is -2.34. The highest BCUT2D eigenvalue weighted by Gasteiger charge is 2.14. The summed E-state index contributed by atoms with van der Waals surface area (Å²) in [6.45, 7) is 2.13. The third-order valence-corrected chi connectivity index (χ3v) is 5.29. The van der Waals surface area contributed by atoms with Crippen LogP contribution in [-0.2, 0) is 21.4 Å². The number of halogens is 1. The largest absolute Gasteiger partial charge is 0.355 e. The first-order valence-electron chi connectivity index (χ1n) is 8.39. The van der Waals surface area contributed by atoms with Gasteiger partial charge in [-0.25, -0.2) is 17.5 Å². The van der Waals surface area contributed by atoms with Crippen molar-refractivity contribution in [3.8, 4) is 0 Å². The molecule has 1 unspecified atom stereocenters. The normalized spacial score (nSPS) is 12.5. The third kappa shape index (κ3) is 6.93. The summed E-state index contributed by atoms with van der Waals surface area (Å²) in [6.07, 6.45) is 0.211. The number of sulfonamides is 1. The van der Waals surface area contributed by atoms with Gasteiger partial charge in [0.25, 0.3) is 0 Å². The van der Waals surface area contributed by atoms with Crippen molar-refractivity contribution in [2.75, 3.05) is 12.3 Å². The molecular formula is C19H23FN2O3S. The van der Waals surface area contributed by atoms with Crippen LogP contribution in [0.15, 0.2) is 54.6 Å². The molecule has 140 valence electrons. The first kappa shape index (κ1) is 20.1. The molecule has 0 fully saturated rings. The van der Waals surface area contributed by atoms with Gasteiger partial charge in [0.05, 0.1) is 5.75 Å². The van der Waals surface area contributed by atoms with E-state index < -0.39 is 10.0 Å². The van der Waals surface area contributed by atoms with Crippen LogP contribution in [0.5, 0.6) is 0 Å². The Morgan fingerprint density at radius 2 is 1.73 bits per heavy atom. The zero-order valence-electron chi connectivity index (χ0n) is 14.6. The van der Waals surface area contributed by atoms with Crippen molar-refractivity contribution in [1.82, 2.24) is 10.0 Å². The standard InChI is InChI=1S/C19H23FN2O3S/c1-15(17-7-9-18(20)10-8-17)13-19(23)21-11-12-26(24,25)22-14-16-5-3-2-4-6-16/h2-10,15,22H,11-14H2,1H3,(H,21,23). The highest BCUT2D eigenvalue weighted by Crippen LogP contribution is 2.18. The van der Waals surface area contributed by atoms with E-state index in [1.54, 1.807) is 12.1 Å². The Morgan fingerprint density at radius 1 is 1.08 bits per heavy atom. The van der Waals surface area contributed by atoms with E-state index >= 15 is 0 Å². The third-order valence-electron chi connectivity index (χ3n) is 3.96. The second kappa shape index (κ2) is 9.45. The molecule has 0 radical (unpaired) electrons. The van der Waals surface area contributed by atoms with Gasteiger partial charge in [-0.05, 0) is 29.2 Å². The predicted octanol–water partition coefficient (Wildman–Crippen LogP) is 2.56. The van der Waals surface area contributed by atoms with Crippen molar-refractivity contribution >= 4 is 15.9 Å². The Morgan fingerprint density at radius 3 is 2.38 bits per heavy atom. The fourth-order valence-corrected chi connectivity index (χ4v) is 3.35. The van der Waals surface area contributed by atoms with E-state index in [1.807, 2.05) is 37.3 Å². The molecule has 0 aliphatic carbocycles.